The summed E-state index contributed by atoms with van der Waals surface area (Å²) < 4.78 is 24.6. The summed E-state index contributed by atoms with van der Waals surface area (Å²) in [5, 5.41) is 8.42. The number of nitrogens with zero attached hydrogens (tertiary/aromatic N) is 1. The minimum Gasteiger partial charge on any atom is -0.456 e. The Bertz CT molecular complexity index is 2660. The minimum absolute atomic E-state index is 0.636. The Morgan fingerprint density at radius 3 is 1.62 bits per heavy atom. The van der Waals surface area contributed by atoms with E-state index in [9.17, 15) is 0 Å². The van der Waals surface area contributed by atoms with Crippen LogP contribution < -0.4 is 0 Å². The summed E-state index contributed by atoms with van der Waals surface area (Å²) in [7, 11) is 0. The van der Waals surface area contributed by atoms with Crippen LogP contribution in [0.2, 0.25) is 0 Å². The molecule has 40 heavy (non-hydrogen) atoms. The molecule has 0 aliphatic carbocycles. The van der Waals surface area contributed by atoms with E-state index in [4.69, 9.17) is 17.7 Å². The second-order valence-corrected chi connectivity index (χ2v) is 10.4. The van der Waals surface area contributed by atoms with Gasteiger partial charge in [0, 0.05) is 55.4 Å². The van der Waals surface area contributed by atoms with Gasteiger partial charge in [-0.1, -0.05) is 30.3 Å². The Balaban J connectivity index is 1.18. The van der Waals surface area contributed by atoms with E-state index in [0.29, 0.717) is 5.71 Å². The molecular formula is C35H17NO4. The summed E-state index contributed by atoms with van der Waals surface area (Å²) >= 11 is 0. The van der Waals surface area contributed by atoms with Crippen molar-refractivity contribution in [2.75, 3.05) is 0 Å². The lowest BCUT2D eigenvalue weighted by Gasteiger charge is -2.02. The third-order valence-corrected chi connectivity index (χ3v) is 8.14. The van der Waals surface area contributed by atoms with Crippen molar-refractivity contribution in [3.8, 4) is 11.1 Å². The highest BCUT2D eigenvalue weighted by molar-refractivity contribution is 6.17. The van der Waals surface area contributed by atoms with Gasteiger partial charge in [0.05, 0.1) is 0 Å². The lowest BCUT2D eigenvalue weighted by atomic mass is 10.00. The normalized spacial score (nSPS) is 12.5. The first-order chi connectivity index (χ1) is 19.8. The van der Waals surface area contributed by atoms with Crippen LogP contribution in [-0.2, 0) is 0 Å². The number of hydrogen-bond acceptors (Lipinski definition) is 5. The van der Waals surface area contributed by atoms with E-state index in [2.05, 4.69) is 53.5 Å². The zero-order chi connectivity index (χ0) is 25.9. The summed E-state index contributed by atoms with van der Waals surface area (Å²) in [6.07, 6.45) is 1.75. The van der Waals surface area contributed by atoms with Crippen LogP contribution in [0.25, 0.3) is 99.0 Å². The number of aromatic nitrogens is 1. The number of rotatable bonds is 1. The number of hydrogen-bond donors (Lipinski definition) is 0. The highest BCUT2D eigenvalue weighted by atomic mass is 16.3. The lowest BCUT2D eigenvalue weighted by molar-refractivity contribution is 0.653. The molecule has 0 aliphatic rings. The van der Waals surface area contributed by atoms with Crippen LogP contribution >= 0.6 is 0 Å². The topological polar surface area (TPSA) is 65.5 Å². The number of pyridine rings is 1. The predicted octanol–water partition coefficient (Wildman–Crippen LogP) is 10.3. The first-order valence-corrected chi connectivity index (χ1v) is 13.2. The van der Waals surface area contributed by atoms with Crippen LogP contribution in [0.1, 0.15) is 0 Å². The Kier molecular flexibility index (Phi) is 3.62. The van der Waals surface area contributed by atoms with Crippen LogP contribution in [0.4, 0.5) is 0 Å². The molecule has 0 N–H and O–H groups in total. The van der Waals surface area contributed by atoms with Gasteiger partial charge in [-0.2, -0.15) is 0 Å². The molecule has 5 heterocycles. The first kappa shape index (κ1) is 20.4. The molecule has 10 aromatic rings. The highest BCUT2D eigenvalue weighted by Gasteiger charge is 2.16. The smallest absolute Gasteiger partial charge is 0.227 e. The van der Waals surface area contributed by atoms with Crippen molar-refractivity contribution in [1.29, 1.82) is 0 Å². The SMILES string of the molecule is c1ccc2c(c1)oc1cc3oc4ccc(-c5ccc6oc7cc8c(cc7c6c5)oc5ncccc58)cc4c3cc12. The molecule has 0 bridgehead atoms. The Hall–Kier alpha value is -5.55. The molecule has 0 saturated carbocycles. The van der Waals surface area contributed by atoms with E-state index in [-0.39, 0.29) is 0 Å². The highest BCUT2D eigenvalue weighted by Crippen LogP contribution is 2.40. The molecule has 0 fully saturated rings. The molecule has 5 aromatic heterocycles. The number of fused-ring (bicyclic) bond motifs is 12. The van der Waals surface area contributed by atoms with Gasteiger partial charge in [-0.3, -0.25) is 0 Å². The van der Waals surface area contributed by atoms with E-state index in [1.54, 1.807) is 6.20 Å². The van der Waals surface area contributed by atoms with Crippen molar-refractivity contribution in [2.24, 2.45) is 0 Å². The molecule has 0 unspecified atom stereocenters. The quantitative estimate of drug-likeness (QED) is 0.218. The van der Waals surface area contributed by atoms with Crippen molar-refractivity contribution in [1.82, 2.24) is 4.98 Å². The molecule has 5 aromatic carbocycles. The molecule has 0 saturated heterocycles. The number of benzene rings is 5. The second-order valence-electron chi connectivity index (χ2n) is 10.4. The van der Waals surface area contributed by atoms with Gasteiger partial charge in [0.15, 0.2) is 0 Å². The van der Waals surface area contributed by atoms with Crippen molar-refractivity contribution < 1.29 is 17.7 Å². The molecule has 0 atom stereocenters. The van der Waals surface area contributed by atoms with E-state index in [0.717, 1.165) is 93.3 Å². The van der Waals surface area contributed by atoms with Crippen LogP contribution in [0.5, 0.6) is 0 Å². The van der Waals surface area contributed by atoms with Gasteiger partial charge in [0.1, 0.15) is 39.1 Å². The van der Waals surface area contributed by atoms with Crippen LogP contribution in [0, 0.1) is 0 Å². The molecule has 0 radical (unpaired) electrons. The van der Waals surface area contributed by atoms with Gasteiger partial charge in [-0.15, -0.1) is 0 Å². The van der Waals surface area contributed by atoms with E-state index >= 15 is 0 Å². The Labute approximate surface area is 224 Å². The largest absolute Gasteiger partial charge is 0.456 e. The summed E-state index contributed by atoms with van der Waals surface area (Å²) in [6.45, 7) is 0. The van der Waals surface area contributed by atoms with Gasteiger partial charge in [-0.05, 0) is 71.8 Å². The maximum absolute atomic E-state index is 6.27. The Morgan fingerprint density at radius 2 is 0.875 bits per heavy atom. The van der Waals surface area contributed by atoms with Gasteiger partial charge < -0.3 is 17.7 Å². The summed E-state index contributed by atoms with van der Waals surface area (Å²) in [5.41, 5.74) is 8.72. The monoisotopic (exact) mass is 515 g/mol. The van der Waals surface area contributed by atoms with Crippen molar-refractivity contribution >= 4 is 87.9 Å². The first-order valence-electron chi connectivity index (χ1n) is 13.2. The molecule has 0 aliphatic heterocycles. The van der Waals surface area contributed by atoms with Gasteiger partial charge in [0.2, 0.25) is 5.71 Å². The zero-order valence-corrected chi connectivity index (χ0v) is 20.9. The molecular weight excluding hydrogens is 498 g/mol. The molecule has 186 valence electrons. The van der Waals surface area contributed by atoms with Crippen LogP contribution in [0.15, 0.2) is 121 Å². The standard InChI is InChI=1S/C35H17NO4/c1-2-6-28-20(4-1)24-14-25-22-12-18(7-9-29(22)39-34(25)17-33(24)37-28)19-8-10-30-23(13-19)27-16-32-26(15-31(27)38-30)21-5-3-11-36-35(21)40-32/h1-17H. The average Bonchev–Trinajstić information content (AvgIpc) is 3.73. The fraction of sp³-hybridized carbons (Fsp3) is 0. The fourth-order valence-corrected chi connectivity index (χ4v) is 6.23. The number of para-hydroxylation sites is 1. The summed E-state index contributed by atoms with van der Waals surface area (Å²) in [4.78, 5) is 4.37. The summed E-state index contributed by atoms with van der Waals surface area (Å²) in [6, 6.07) is 33.1. The molecule has 10 rings (SSSR count). The number of furan rings is 4. The maximum Gasteiger partial charge on any atom is 0.227 e. The second kappa shape index (κ2) is 7.10. The Morgan fingerprint density at radius 1 is 0.350 bits per heavy atom. The van der Waals surface area contributed by atoms with Gasteiger partial charge >= 0.3 is 0 Å². The van der Waals surface area contributed by atoms with E-state index in [1.165, 1.54) is 0 Å². The maximum atomic E-state index is 6.27. The average molecular weight is 516 g/mol. The van der Waals surface area contributed by atoms with E-state index < -0.39 is 0 Å². The van der Waals surface area contributed by atoms with Crippen LogP contribution in [-0.4, -0.2) is 4.98 Å². The lowest BCUT2D eigenvalue weighted by Crippen LogP contribution is -1.78. The molecule has 5 nitrogen and oxygen atoms in total. The van der Waals surface area contributed by atoms with Crippen molar-refractivity contribution in [3.63, 3.8) is 0 Å². The van der Waals surface area contributed by atoms with Gasteiger partial charge in [0.25, 0.3) is 0 Å². The van der Waals surface area contributed by atoms with Gasteiger partial charge in [-0.25, -0.2) is 4.98 Å². The summed E-state index contributed by atoms with van der Waals surface area (Å²) in [5.74, 6) is 0. The molecule has 0 amide bonds. The third kappa shape index (κ3) is 2.63. The zero-order valence-electron chi connectivity index (χ0n) is 20.9. The minimum atomic E-state index is 0.636. The third-order valence-electron chi connectivity index (χ3n) is 8.14. The van der Waals surface area contributed by atoms with E-state index in [1.807, 2.05) is 48.5 Å². The van der Waals surface area contributed by atoms with Crippen molar-refractivity contribution in [2.45, 2.75) is 0 Å². The molecule has 0 spiro atoms. The predicted molar refractivity (Wildman–Crippen MR) is 159 cm³/mol. The van der Waals surface area contributed by atoms with Crippen LogP contribution in [0.3, 0.4) is 0 Å². The fourth-order valence-electron chi connectivity index (χ4n) is 6.23. The van der Waals surface area contributed by atoms with Crippen molar-refractivity contribution in [3.05, 3.63) is 103 Å². The molecule has 5 heteroatoms.